The molecule has 9 aromatic rings. The third-order valence-electron chi connectivity index (χ3n) is 10.9. The maximum atomic E-state index is 5.34. The van der Waals surface area contributed by atoms with Crippen LogP contribution in [-0.4, -0.2) is 9.97 Å². The van der Waals surface area contributed by atoms with Crippen molar-refractivity contribution in [3.63, 3.8) is 0 Å². The Labute approximate surface area is 306 Å². The molecular formula is C49H30N2S. The summed E-state index contributed by atoms with van der Waals surface area (Å²) in [6, 6.07) is 65.7. The molecule has 0 N–H and O–H groups in total. The molecule has 0 bridgehead atoms. The highest BCUT2D eigenvalue weighted by Gasteiger charge is 2.53. The Morgan fingerprint density at radius 2 is 0.981 bits per heavy atom. The van der Waals surface area contributed by atoms with Gasteiger partial charge in [-0.25, -0.2) is 9.97 Å². The summed E-state index contributed by atoms with van der Waals surface area (Å²) in [7, 11) is 0. The van der Waals surface area contributed by atoms with E-state index in [0.717, 1.165) is 39.5 Å². The van der Waals surface area contributed by atoms with E-state index in [1.165, 1.54) is 59.5 Å². The van der Waals surface area contributed by atoms with Gasteiger partial charge in [0.25, 0.3) is 0 Å². The second-order valence-electron chi connectivity index (χ2n) is 13.7. The summed E-state index contributed by atoms with van der Waals surface area (Å²) >= 11 is 1.91. The van der Waals surface area contributed by atoms with Crippen LogP contribution in [0.25, 0.3) is 76.7 Å². The Bertz CT molecular complexity index is 2850. The van der Waals surface area contributed by atoms with Crippen LogP contribution in [-0.2, 0) is 5.41 Å². The van der Waals surface area contributed by atoms with E-state index >= 15 is 0 Å². The zero-order valence-electron chi connectivity index (χ0n) is 28.1. The van der Waals surface area contributed by atoms with Gasteiger partial charge in [0, 0.05) is 26.3 Å². The topological polar surface area (TPSA) is 25.8 Å². The molecule has 52 heavy (non-hydrogen) atoms. The highest BCUT2D eigenvalue weighted by atomic mass is 32.1. The van der Waals surface area contributed by atoms with Gasteiger partial charge in [-0.05, 0) is 79.7 Å². The molecule has 11 rings (SSSR count). The molecule has 242 valence electrons. The monoisotopic (exact) mass is 678 g/mol. The van der Waals surface area contributed by atoms with E-state index in [2.05, 4.69) is 182 Å². The third kappa shape index (κ3) is 4.17. The third-order valence-corrected chi connectivity index (χ3v) is 12.1. The van der Waals surface area contributed by atoms with Crippen LogP contribution in [0.15, 0.2) is 182 Å². The molecule has 1 spiro atoms. The first-order chi connectivity index (χ1) is 25.8. The van der Waals surface area contributed by atoms with E-state index in [0.29, 0.717) is 0 Å². The Morgan fingerprint density at radius 1 is 0.385 bits per heavy atom. The summed E-state index contributed by atoms with van der Waals surface area (Å²) in [5.74, 6) is 0.719. The van der Waals surface area contributed by atoms with Crippen LogP contribution in [0.2, 0.25) is 0 Å². The minimum Gasteiger partial charge on any atom is -0.228 e. The molecule has 1 atom stereocenters. The lowest BCUT2D eigenvalue weighted by atomic mass is 9.70. The molecular weight excluding hydrogens is 649 g/mol. The Kier molecular flexibility index (Phi) is 6.37. The minimum absolute atomic E-state index is 0.447. The maximum absolute atomic E-state index is 5.34. The van der Waals surface area contributed by atoms with Crippen molar-refractivity contribution in [3.8, 4) is 66.6 Å². The van der Waals surface area contributed by atoms with Crippen LogP contribution in [0.3, 0.4) is 0 Å². The van der Waals surface area contributed by atoms with Gasteiger partial charge in [0.15, 0.2) is 5.82 Å². The predicted molar refractivity (Wildman–Crippen MR) is 215 cm³/mol. The van der Waals surface area contributed by atoms with Crippen molar-refractivity contribution >= 4 is 21.4 Å². The first-order valence-electron chi connectivity index (χ1n) is 17.7. The lowest BCUT2D eigenvalue weighted by Crippen LogP contribution is -2.25. The van der Waals surface area contributed by atoms with Gasteiger partial charge in [0.2, 0.25) is 0 Å². The number of aromatic nitrogens is 2. The standard InChI is InChI=1S/C49H30N2S/c1-3-14-31(15-4-1)33-18-13-19-34(28-33)44-30-43(32-16-5-2-6-17-32)50-48(51-44)35-26-27-37-36-20-7-10-23-40(36)49(42(37)29-35)41-24-11-8-21-38(41)47-46(49)39-22-9-12-25-45(39)52-47/h1-30H. The van der Waals surface area contributed by atoms with Crippen molar-refractivity contribution in [2.24, 2.45) is 0 Å². The van der Waals surface area contributed by atoms with Crippen molar-refractivity contribution in [1.82, 2.24) is 9.97 Å². The molecule has 0 aliphatic heterocycles. The molecule has 0 fully saturated rings. The van der Waals surface area contributed by atoms with Gasteiger partial charge in [0.05, 0.1) is 16.8 Å². The lowest BCUT2D eigenvalue weighted by Gasteiger charge is -2.30. The van der Waals surface area contributed by atoms with Gasteiger partial charge < -0.3 is 0 Å². The van der Waals surface area contributed by atoms with Gasteiger partial charge >= 0.3 is 0 Å². The summed E-state index contributed by atoms with van der Waals surface area (Å²) in [5, 5.41) is 1.33. The summed E-state index contributed by atoms with van der Waals surface area (Å²) in [5.41, 5.74) is 16.1. The van der Waals surface area contributed by atoms with Crippen molar-refractivity contribution in [1.29, 1.82) is 0 Å². The SMILES string of the molecule is c1ccc(-c2cccc(-c3cc(-c4ccccc4)nc(-c4ccc5c(c4)C4(c6ccccc6-5)c5ccccc5-c5sc6ccccc6c54)n3)c2)cc1. The molecule has 0 saturated carbocycles. The fraction of sp³-hybridized carbons (Fsp3) is 0.0204. The van der Waals surface area contributed by atoms with Crippen LogP contribution in [0.5, 0.6) is 0 Å². The minimum atomic E-state index is -0.447. The fourth-order valence-corrected chi connectivity index (χ4v) is 10.00. The smallest absolute Gasteiger partial charge is 0.160 e. The Morgan fingerprint density at radius 3 is 1.79 bits per heavy atom. The molecule has 0 saturated heterocycles. The molecule has 1 unspecified atom stereocenters. The highest BCUT2D eigenvalue weighted by Crippen LogP contribution is 2.66. The number of thiophene rings is 1. The molecule has 2 nitrogen and oxygen atoms in total. The average molecular weight is 679 g/mol. The average Bonchev–Trinajstić information content (AvgIpc) is 3.85. The van der Waals surface area contributed by atoms with Crippen molar-refractivity contribution < 1.29 is 0 Å². The predicted octanol–water partition coefficient (Wildman–Crippen LogP) is 12.7. The van der Waals surface area contributed by atoms with Crippen molar-refractivity contribution in [3.05, 3.63) is 204 Å². The molecule has 2 aliphatic carbocycles. The van der Waals surface area contributed by atoms with Crippen LogP contribution in [0, 0.1) is 0 Å². The summed E-state index contributed by atoms with van der Waals surface area (Å²) in [6.07, 6.45) is 0. The lowest BCUT2D eigenvalue weighted by molar-refractivity contribution is 0.803. The van der Waals surface area contributed by atoms with Gasteiger partial charge in [-0.2, -0.15) is 0 Å². The summed E-state index contributed by atoms with van der Waals surface area (Å²) in [6.45, 7) is 0. The molecule has 0 amide bonds. The number of nitrogens with zero attached hydrogens (tertiary/aromatic N) is 2. The van der Waals surface area contributed by atoms with E-state index in [1.54, 1.807) is 0 Å². The molecule has 2 heterocycles. The maximum Gasteiger partial charge on any atom is 0.160 e. The number of fused-ring (bicyclic) bond motifs is 12. The van der Waals surface area contributed by atoms with Gasteiger partial charge in [-0.15, -0.1) is 11.3 Å². The number of hydrogen-bond acceptors (Lipinski definition) is 3. The van der Waals surface area contributed by atoms with Crippen LogP contribution < -0.4 is 0 Å². The van der Waals surface area contributed by atoms with Crippen LogP contribution in [0.4, 0.5) is 0 Å². The van der Waals surface area contributed by atoms with E-state index < -0.39 is 5.41 Å². The van der Waals surface area contributed by atoms with Gasteiger partial charge in [-0.1, -0.05) is 158 Å². The van der Waals surface area contributed by atoms with Gasteiger partial charge in [-0.3, -0.25) is 0 Å². The molecule has 3 heteroatoms. The largest absolute Gasteiger partial charge is 0.228 e. The zero-order valence-corrected chi connectivity index (χ0v) is 28.9. The quantitative estimate of drug-likeness (QED) is 0.185. The van der Waals surface area contributed by atoms with E-state index in [4.69, 9.17) is 9.97 Å². The zero-order chi connectivity index (χ0) is 34.2. The molecule has 2 aliphatic rings. The summed E-state index contributed by atoms with van der Waals surface area (Å²) in [4.78, 5) is 12.0. The van der Waals surface area contributed by atoms with Crippen molar-refractivity contribution in [2.45, 2.75) is 5.41 Å². The van der Waals surface area contributed by atoms with E-state index in [-0.39, 0.29) is 0 Å². The molecule has 0 radical (unpaired) electrons. The first kappa shape index (κ1) is 29.3. The number of hydrogen-bond donors (Lipinski definition) is 0. The van der Waals surface area contributed by atoms with Crippen molar-refractivity contribution in [2.75, 3.05) is 0 Å². The van der Waals surface area contributed by atoms with Crippen LogP contribution in [0.1, 0.15) is 22.3 Å². The fourth-order valence-electron chi connectivity index (χ4n) is 8.70. The second kappa shape index (κ2) is 11.3. The second-order valence-corrected chi connectivity index (χ2v) is 14.7. The molecule has 7 aromatic carbocycles. The molecule has 2 aromatic heterocycles. The van der Waals surface area contributed by atoms with E-state index in [1.807, 2.05) is 11.3 Å². The Hall–Kier alpha value is -6.42. The summed E-state index contributed by atoms with van der Waals surface area (Å²) < 4.78 is 1.32. The van der Waals surface area contributed by atoms with E-state index in [9.17, 15) is 0 Å². The number of benzene rings is 7. The highest BCUT2D eigenvalue weighted by molar-refractivity contribution is 7.22. The van der Waals surface area contributed by atoms with Gasteiger partial charge in [0.1, 0.15) is 0 Å². The first-order valence-corrected chi connectivity index (χ1v) is 18.6. The van der Waals surface area contributed by atoms with Crippen LogP contribution >= 0.6 is 11.3 Å². The number of rotatable bonds is 4. The normalized spacial score (nSPS) is 15.0. The Balaban J connectivity index is 1.17.